The van der Waals surface area contributed by atoms with Crippen molar-refractivity contribution in [1.82, 2.24) is 10.4 Å². The van der Waals surface area contributed by atoms with E-state index in [4.69, 9.17) is 4.84 Å². The van der Waals surface area contributed by atoms with E-state index in [1.54, 1.807) is 13.8 Å². The maximum atomic E-state index is 12.9. The summed E-state index contributed by atoms with van der Waals surface area (Å²) >= 11 is 0. The van der Waals surface area contributed by atoms with Gasteiger partial charge in [-0.25, -0.2) is 5.06 Å². The molecule has 0 spiro atoms. The number of halogens is 6. The maximum absolute atomic E-state index is 12.9. The Labute approximate surface area is 139 Å². The first-order valence-electron chi connectivity index (χ1n) is 7.20. The summed E-state index contributed by atoms with van der Waals surface area (Å²) in [5, 5.41) is 3.83. The van der Waals surface area contributed by atoms with E-state index in [1.807, 2.05) is 0 Å². The Bertz CT molecular complexity index is 637. The van der Waals surface area contributed by atoms with E-state index in [-0.39, 0.29) is 18.1 Å². The number of carbonyl (C=O) groups excluding carboxylic acids is 1. The van der Waals surface area contributed by atoms with Crippen molar-refractivity contribution in [3.8, 4) is 0 Å². The fourth-order valence-corrected chi connectivity index (χ4v) is 2.79. The van der Waals surface area contributed by atoms with Crippen molar-refractivity contribution >= 4 is 5.91 Å². The summed E-state index contributed by atoms with van der Waals surface area (Å²) in [7, 11) is 1.25. The van der Waals surface area contributed by atoms with Crippen LogP contribution in [-0.4, -0.2) is 29.8 Å². The molecular formula is C15H16F6N2O2. The minimum Gasteiger partial charge on any atom is -0.281 e. The maximum Gasteiger partial charge on any atom is 0.416 e. The van der Waals surface area contributed by atoms with Gasteiger partial charge in [-0.2, -0.15) is 26.3 Å². The first kappa shape index (κ1) is 19.5. The molecular weight excluding hydrogens is 354 g/mol. The Morgan fingerprint density at radius 3 is 1.92 bits per heavy atom. The summed E-state index contributed by atoms with van der Waals surface area (Å²) in [6, 6.07) is 0.289. The molecule has 0 bridgehead atoms. The fraction of sp³-hybridized carbons (Fsp3) is 0.533. The lowest BCUT2D eigenvalue weighted by Gasteiger charge is -2.28. The molecule has 10 heteroatoms. The molecule has 1 aliphatic rings. The number of benzene rings is 1. The van der Waals surface area contributed by atoms with Crippen LogP contribution in [-0.2, 0) is 28.4 Å². The van der Waals surface area contributed by atoms with E-state index in [0.717, 1.165) is 5.06 Å². The van der Waals surface area contributed by atoms with Gasteiger partial charge in [-0.05, 0) is 44.0 Å². The van der Waals surface area contributed by atoms with Crippen LogP contribution < -0.4 is 5.32 Å². The quantitative estimate of drug-likeness (QED) is 0.830. The second-order valence-electron chi connectivity index (χ2n) is 6.19. The molecule has 2 rings (SSSR count). The summed E-state index contributed by atoms with van der Waals surface area (Å²) < 4.78 is 77.3. The third-order valence-corrected chi connectivity index (χ3v) is 3.80. The summed E-state index contributed by atoms with van der Waals surface area (Å²) in [4.78, 5) is 17.1. The van der Waals surface area contributed by atoms with E-state index in [1.165, 1.54) is 7.11 Å². The largest absolute Gasteiger partial charge is 0.416 e. The van der Waals surface area contributed by atoms with Gasteiger partial charge in [-0.3, -0.25) is 14.9 Å². The highest BCUT2D eigenvalue weighted by atomic mass is 19.4. The van der Waals surface area contributed by atoms with Crippen LogP contribution in [0.2, 0.25) is 0 Å². The van der Waals surface area contributed by atoms with Crippen LogP contribution in [0.5, 0.6) is 0 Å². The lowest BCUT2D eigenvalue weighted by atomic mass is 9.99. The zero-order valence-electron chi connectivity index (χ0n) is 13.5. The molecule has 1 N–H and O–H groups in total. The first-order valence-corrected chi connectivity index (χ1v) is 7.20. The van der Waals surface area contributed by atoms with Crippen molar-refractivity contribution in [1.29, 1.82) is 0 Å². The van der Waals surface area contributed by atoms with Crippen molar-refractivity contribution in [3.05, 3.63) is 34.9 Å². The van der Waals surface area contributed by atoms with Gasteiger partial charge in [0.1, 0.15) is 5.66 Å². The van der Waals surface area contributed by atoms with Gasteiger partial charge in [0.2, 0.25) is 0 Å². The zero-order valence-corrected chi connectivity index (χ0v) is 13.5. The predicted octanol–water partition coefficient (Wildman–Crippen LogP) is 3.36. The van der Waals surface area contributed by atoms with Gasteiger partial charge in [-0.15, -0.1) is 0 Å². The Hall–Kier alpha value is -1.81. The second-order valence-corrected chi connectivity index (χ2v) is 6.19. The van der Waals surface area contributed by atoms with Crippen molar-refractivity contribution < 1.29 is 36.0 Å². The average Bonchev–Trinajstić information content (AvgIpc) is 2.65. The number of alkyl halides is 6. The molecule has 0 aromatic heterocycles. The zero-order chi connectivity index (χ0) is 19.2. The van der Waals surface area contributed by atoms with Crippen LogP contribution in [0.1, 0.15) is 30.5 Å². The van der Waals surface area contributed by atoms with Gasteiger partial charge in [0, 0.05) is 0 Å². The highest BCUT2D eigenvalue weighted by molar-refractivity contribution is 5.84. The van der Waals surface area contributed by atoms with Gasteiger partial charge in [-0.1, -0.05) is 0 Å². The second kappa shape index (κ2) is 6.17. The molecule has 1 saturated heterocycles. The van der Waals surface area contributed by atoms with E-state index in [9.17, 15) is 31.1 Å². The van der Waals surface area contributed by atoms with Crippen LogP contribution >= 0.6 is 0 Å². The number of amides is 1. The molecule has 25 heavy (non-hydrogen) atoms. The molecule has 1 heterocycles. The minimum absolute atomic E-state index is 0.0544. The molecule has 1 fully saturated rings. The molecule has 4 nitrogen and oxygen atoms in total. The van der Waals surface area contributed by atoms with E-state index < -0.39 is 41.1 Å². The molecule has 0 saturated carbocycles. The molecule has 1 aliphatic heterocycles. The Morgan fingerprint density at radius 1 is 1.08 bits per heavy atom. The lowest BCUT2D eigenvalue weighted by Crippen LogP contribution is -2.46. The van der Waals surface area contributed by atoms with Crippen molar-refractivity contribution in [2.24, 2.45) is 0 Å². The van der Waals surface area contributed by atoms with Crippen LogP contribution in [0.25, 0.3) is 0 Å². The van der Waals surface area contributed by atoms with Crippen molar-refractivity contribution in [3.63, 3.8) is 0 Å². The van der Waals surface area contributed by atoms with E-state index in [0.29, 0.717) is 12.1 Å². The smallest absolute Gasteiger partial charge is 0.281 e. The third-order valence-electron chi connectivity index (χ3n) is 3.80. The Balaban J connectivity index is 2.38. The summed E-state index contributed by atoms with van der Waals surface area (Å²) in [5.41, 5.74) is -4.01. The molecule has 0 radical (unpaired) electrons. The number of hydrogen-bond donors (Lipinski definition) is 1. The standard InChI is InChI=1S/C15H16F6N2O2/c1-13(2)22-11(12(24)23(13)25-3)6-8-4-9(14(16,17)18)7-10(5-8)15(19,20)21/h4-5,7,11,22H,6H2,1-3H3/t11-/m0/s1. The minimum atomic E-state index is -4.93. The molecule has 1 aromatic carbocycles. The highest BCUT2D eigenvalue weighted by Gasteiger charge is 2.45. The van der Waals surface area contributed by atoms with E-state index >= 15 is 0 Å². The molecule has 140 valence electrons. The molecule has 1 atom stereocenters. The van der Waals surface area contributed by atoms with Crippen LogP contribution in [0.4, 0.5) is 26.3 Å². The summed E-state index contributed by atoms with van der Waals surface area (Å²) in [6.07, 6.45) is -10.2. The van der Waals surface area contributed by atoms with Crippen LogP contribution in [0.15, 0.2) is 18.2 Å². The van der Waals surface area contributed by atoms with Crippen LogP contribution in [0.3, 0.4) is 0 Å². The predicted molar refractivity (Wildman–Crippen MR) is 75.0 cm³/mol. The molecule has 1 amide bonds. The number of hydroxylamine groups is 2. The summed E-state index contributed by atoms with van der Waals surface area (Å²) in [6.45, 7) is 3.20. The normalized spacial score (nSPS) is 21.1. The number of carbonyl (C=O) groups is 1. The van der Waals surface area contributed by atoms with E-state index in [2.05, 4.69) is 5.32 Å². The van der Waals surface area contributed by atoms with Crippen molar-refractivity contribution in [2.75, 3.05) is 7.11 Å². The number of nitrogens with one attached hydrogen (secondary N) is 1. The Kier molecular flexibility index (Phi) is 4.81. The van der Waals surface area contributed by atoms with Gasteiger partial charge in [0.15, 0.2) is 0 Å². The van der Waals surface area contributed by atoms with Gasteiger partial charge in [0.05, 0.1) is 24.3 Å². The highest BCUT2D eigenvalue weighted by Crippen LogP contribution is 2.37. The van der Waals surface area contributed by atoms with Gasteiger partial charge in [0.25, 0.3) is 5.91 Å². The third kappa shape index (κ3) is 4.06. The Morgan fingerprint density at radius 2 is 1.56 bits per heavy atom. The molecule has 1 aromatic rings. The SMILES string of the molecule is CON1C(=O)[C@H](Cc2cc(C(F)(F)F)cc(C(F)(F)F)c2)NC1(C)C. The number of hydrogen-bond acceptors (Lipinski definition) is 3. The fourth-order valence-electron chi connectivity index (χ4n) is 2.79. The monoisotopic (exact) mass is 370 g/mol. The van der Waals surface area contributed by atoms with Gasteiger partial charge < -0.3 is 0 Å². The van der Waals surface area contributed by atoms with Gasteiger partial charge >= 0.3 is 12.4 Å². The van der Waals surface area contributed by atoms with Crippen molar-refractivity contribution in [2.45, 2.75) is 44.3 Å². The summed E-state index contributed by atoms with van der Waals surface area (Å²) in [5.74, 6) is -0.571. The lowest BCUT2D eigenvalue weighted by molar-refractivity contribution is -0.192. The molecule has 0 unspecified atom stereocenters. The molecule has 0 aliphatic carbocycles. The number of rotatable bonds is 3. The average molecular weight is 370 g/mol. The topological polar surface area (TPSA) is 41.6 Å². The van der Waals surface area contributed by atoms with Crippen LogP contribution in [0, 0.1) is 0 Å². The first-order chi connectivity index (χ1) is 11.3. The number of nitrogens with zero attached hydrogens (tertiary/aromatic N) is 1.